The number of thiophene rings is 1. The molecule has 7 heteroatoms. The molecule has 2 heterocycles. The molecule has 4 rings (SSSR count). The van der Waals surface area contributed by atoms with E-state index < -0.39 is 11.6 Å². The van der Waals surface area contributed by atoms with Crippen molar-refractivity contribution in [3.63, 3.8) is 0 Å². The van der Waals surface area contributed by atoms with Crippen molar-refractivity contribution in [1.82, 2.24) is 4.98 Å². The van der Waals surface area contributed by atoms with Gasteiger partial charge in [0, 0.05) is 53.6 Å². The number of aliphatic hydroxyl groups is 1. The van der Waals surface area contributed by atoms with Crippen molar-refractivity contribution in [2.75, 3.05) is 0 Å². The normalized spacial score (nSPS) is 11.5. The van der Waals surface area contributed by atoms with Crippen molar-refractivity contribution < 1.29 is 38.8 Å². The predicted molar refractivity (Wildman–Crippen MR) is 135 cm³/mol. The molecule has 0 atom stereocenters. The van der Waals surface area contributed by atoms with Crippen LogP contribution >= 0.6 is 11.3 Å². The minimum Gasteiger partial charge on any atom is -0.512 e. The fraction of sp³-hybridized carbons (Fsp3) is 0.214. The summed E-state index contributed by atoms with van der Waals surface area (Å²) in [5.74, 6) is -1.20. The van der Waals surface area contributed by atoms with Gasteiger partial charge < -0.3 is 10.1 Å². The number of aliphatic hydroxyl groups excluding tert-OH is 1. The summed E-state index contributed by atoms with van der Waals surface area (Å²) in [5.41, 5.74) is 3.38. The maximum absolute atomic E-state index is 14.2. The molecule has 35 heavy (non-hydrogen) atoms. The number of carbonyl (C=O) groups is 1. The van der Waals surface area contributed by atoms with E-state index in [-0.39, 0.29) is 37.1 Å². The molecule has 0 aliphatic heterocycles. The first-order chi connectivity index (χ1) is 16.0. The molecule has 0 spiro atoms. The van der Waals surface area contributed by atoms with Gasteiger partial charge in [0.25, 0.3) is 0 Å². The number of benzene rings is 2. The maximum Gasteiger partial charge on any atom is 0.155 e. The number of carbonyl (C=O) groups excluding carboxylic acids is 1. The molecule has 0 bridgehead atoms. The molecule has 4 aromatic rings. The van der Waals surface area contributed by atoms with E-state index in [1.54, 1.807) is 6.20 Å². The number of hydrogen-bond acceptors (Lipinski definition) is 4. The van der Waals surface area contributed by atoms with Crippen LogP contribution in [0.25, 0.3) is 31.8 Å². The third-order valence-corrected chi connectivity index (χ3v) is 6.12. The van der Waals surface area contributed by atoms with Gasteiger partial charge in [-0.25, -0.2) is 8.78 Å². The Kier molecular flexibility index (Phi) is 9.61. The summed E-state index contributed by atoms with van der Waals surface area (Å²) in [6, 6.07) is 17.0. The van der Waals surface area contributed by atoms with Crippen molar-refractivity contribution in [3.8, 4) is 21.7 Å². The zero-order valence-electron chi connectivity index (χ0n) is 20.1. The molecule has 2 aromatic carbocycles. The van der Waals surface area contributed by atoms with Gasteiger partial charge in [0.2, 0.25) is 0 Å². The van der Waals surface area contributed by atoms with Crippen LogP contribution in [0.4, 0.5) is 8.78 Å². The summed E-state index contributed by atoms with van der Waals surface area (Å²) in [6.45, 7) is 9.34. The molecule has 185 valence electrons. The molecule has 2 aromatic heterocycles. The quantitative estimate of drug-likeness (QED) is 0.136. The summed E-state index contributed by atoms with van der Waals surface area (Å²) < 4.78 is 28.4. The fourth-order valence-corrected chi connectivity index (χ4v) is 4.42. The summed E-state index contributed by atoms with van der Waals surface area (Å²) in [6.07, 6.45) is 2.92. The second-order valence-electron chi connectivity index (χ2n) is 8.94. The first-order valence-corrected chi connectivity index (χ1v) is 11.5. The topological polar surface area (TPSA) is 50.2 Å². The summed E-state index contributed by atoms with van der Waals surface area (Å²) in [4.78, 5) is 15.3. The molecular weight excluding hydrogens is 645 g/mol. The Bertz CT molecular complexity index is 1350. The summed E-state index contributed by atoms with van der Waals surface area (Å²) in [5, 5.41) is 9.31. The minimum atomic E-state index is -0.576. The number of hydrogen-bond donors (Lipinski definition) is 1. The van der Waals surface area contributed by atoms with Crippen molar-refractivity contribution >= 4 is 27.2 Å². The number of allylic oxidation sites excluding steroid dienone is 2. The van der Waals surface area contributed by atoms with Crippen LogP contribution in [0.15, 0.2) is 66.6 Å². The number of aromatic nitrogens is 1. The van der Waals surface area contributed by atoms with E-state index in [2.05, 4.69) is 37.9 Å². The predicted octanol–water partition coefficient (Wildman–Crippen LogP) is 8.04. The number of rotatable bonds is 3. The smallest absolute Gasteiger partial charge is 0.155 e. The molecule has 0 fully saturated rings. The van der Waals surface area contributed by atoms with Gasteiger partial charge in [-0.2, -0.15) is 0 Å². The van der Waals surface area contributed by atoms with Crippen LogP contribution in [0.2, 0.25) is 0 Å². The number of halogens is 2. The molecule has 0 unspecified atom stereocenters. The van der Waals surface area contributed by atoms with Crippen LogP contribution in [-0.4, -0.2) is 15.9 Å². The maximum atomic E-state index is 14.2. The molecule has 0 saturated heterocycles. The Morgan fingerprint density at radius 2 is 1.80 bits per heavy atom. The van der Waals surface area contributed by atoms with Crippen molar-refractivity contribution in [1.29, 1.82) is 0 Å². The summed E-state index contributed by atoms with van der Waals surface area (Å²) >= 11 is 1.47. The molecular formula is C28H26F2IrNO2S-. The second-order valence-corrected chi connectivity index (χ2v) is 10.0. The number of nitrogens with zero attached hydrogens (tertiary/aromatic N) is 1. The van der Waals surface area contributed by atoms with Gasteiger partial charge in [-0.3, -0.25) is 4.79 Å². The van der Waals surface area contributed by atoms with Gasteiger partial charge in [0.05, 0.1) is 5.76 Å². The van der Waals surface area contributed by atoms with Crippen LogP contribution in [0.5, 0.6) is 0 Å². The average molecular weight is 671 g/mol. The Balaban J connectivity index is 0.000000476. The SMILES string of the molecule is CC(=O)C=C(C)O.CC(C)(C)c1c[c-]c(-c2nccc3sc(-c4ccc(F)cc4F)cc23)cc1.[Ir]. The minimum absolute atomic E-state index is 0. The van der Waals surface area contributed by atoms with E-state index in [1.807, 2.05) is 24.3 Å². The van der Waals surface area contributed by atoms with Gasteiger partial charge in [-0.15, -0.1) is 46.7 Å². The van der Waals surface area contributed by atoms with Crippen molar-refractivity contribution in [3.05, 3.63) is 89.8 Å². The van der Waals surface area contributed by atoms with E-state index in [0.29, 0.717) is 5.56 Å². The Hall–Kier alpha value is -2.73. The van der Waals surface area contributed by atoms with Crippen LogP contribution in [0.1, 0.15) is 40.2 Å². The zero-order valence-corrected chi connectivity index (χ0v) is 23.3. The van der Waals surface area contributed by atoms with Gasteiger partial charge in [0.15, 0.2) is 5.78 Å². The van der Waals surface area contributed by atoms with Crippen LogP contribution in [0, 0.1) is 17.7 Å². The van der Waals surface area contributed by atoms with E-state index >= 15 is 0 Å². The Morgan fingerprint density at radius 3 is 2.31 bits per heavy atom. The van der Waals surface area contributed by atoms with Crippen LogP contribution in [-0.2, 0) is 30.3 Å². The van der Waals surface area contributed by atoms with Crippen molar-refractivity contribution in [2.45, 2.75) is 40.0 Å². The molecule has 0 amide bonds. The number of pyridine rings is 1. The zero-order chi connectivity index (χ0) is 25.0. The number of fused-ring (bicyclic) bond motifs is 1. The molecule has 1 N–H and O–H groups in total. The Morgan fingerprint density at radius 1 is 1.09 bits per heavy atom. The third kappa shape index (κ3) is 7.37. The molecule has 0 aliphatic rings. The monoisotopic (exact) mass is 671 g/mol. The van der Waals surface area contributed by atoms with Gasteiger partial charge in [-0.1, -0.05) is 20.8 Å². The largest absolute Gasteiger partial charge is 0.512 e. The third-order valence-electron chi connectivity index (χ3n) is 4.99. The first-order valence-electron chi connectivity index (χ1n) is 10.7. The summed E-state index contributed by atoms with van der Waals surface area (Å²) in [7, 11) is 0. The standard InChI is InChI=1S/C23H18F2NS.C5H8O2.Ir/c1-23(2,3)15-6-4-14(5-7-15)22-18-13-21(27-20(18)10-11-26-22)17-9-8-16(24)12-19(17)25;1-4(6)3-5(2)7;/h4,6-13H,1-3H3;3,6H,1-2H3;/q-1;;. The Labute approximate surface area is 221 Å². The van der Waals surface area contributed by atoms with E-state index in [4.69, 9.17) is 5.11 Å². The average Bonchev–Trinajstić information content (AvgIpc) is 3.16. The van der Waals surface area contributed by atoms with E-state index in [1.165, 1.54) is 49.0 Å². The number of ketones is 1. The fourth-order valence-electron chi connectivity index (χ4n) is 3.33. The molecule has 0 aliphatic carbocycles. The molecule has 0 saturated carbocycles. The van der Waals surface area contributed by atoms with Crippen LogP contribution in [0.3, 0.4) is 0 Å². The molecule has 1 radical (unpaired) electrons. The van der Waals surface area contributed by atoms with Gasteiger partial charge in [-0.05, 0) is 54.6 Å². The van der Waals surface area contributed by atoms with Gasteiger partial charge >= 0.3 is 0 Å². The van der Waals surface area contributed by atoms with Gasteiger partial charge in [0.1, 0.15) is 11.6 Å². The molecule has 3 nitrogen and oxygen atoms in total. The van der Waals surface area contributed by atoms with E-state index in [0.717, 1.165) is 32.3 Å². The van der Waals surface area contributed by atoms with E-state index in [9.17, 15) is 13.6 Å². The first kappa shape index (κ1) is 28.5. The van der Waals surface area contributed by atoms with Crippen molar-refractivity contribution in [2.24, 2.45) is 0 Å². The second kappa shape index (κ2) is 11.8. The van der Waals surface area contributed by atoms with Crippen LogP contribution < -0.4 is 0 Å².